The van der Waals surface area contributed by atoms with Gasteiger partial charge in [0.05, 0.1) is 32.5 Å². The minimum absolute atomic E-state index is 0.525. The Hall–Kier alpha value is -4.39. The van der Waals surface area contributed by atoms with Gasteiger partial charge in [0.1, 0.15) is 28.7 Å². The van der Waals surface area contributed by atoms with Crippen LogP contribution in [0.3, 0.4) is 0 Å². The maximum absolute atomic E-state index is 6.46. The summed E-state index contributed by atoms with van der Waals surface area (Å²) in [5, 5.41) is 4.49. The van der Waals surface area contributed by atoms with E-state index in [2.05, 4.69) is 41.0 Å². The number of ether oxygens (including phenoxy) is 2. The van der Waals surface area contributed by atoms with Crippen molar-refractivity contribution in [3.05, 3.63) is 102 Å². The molecule has 170 valence electrons. The minimum Gasteiger partial charge on any atom is -0.497 e. The zero-order valence-corrected chi connectivity index (χ0v) is 19.4. The molecule has 5 rings (SSSR count). The molecule has 7 nitrogen and oxygen atoms in total. The largest absolute Gasteiger partial charge is 0.497 e. The summed E-state index contributed by atoms with van der Waals surface area (Å²) in [6, 6.07) is 22.0. The van der Waals surface area contributed by atoms with Crippen molar-refractivity contribution < 1.29 is 14.0 Å². The number of nitrogens with zero attached hydrogens (tertiary/aromatic N) is 4. The normalized spacial score (nSPS) is 13.9. The number of nitrogen functional groups attached to an aromatic ring is 1. The molecular weight excluding hydrogens is 426 g/mol. The average molecular weight is 453 g/mol. The molecule has 0 atom stereocenters. The second-order valence-electron chi connectivity index (χ2n) is 8.04. The highest BCUT2D eigenvalue weighted by Crippen LogP contribution is 2.30. The number of hydrogen-bond donors (Lipinski definition) is 1. The summed E-state index contributed by atoms with van der Waals surface area (Å²) in [4.78, 5) is 4.96. The van der Waals surface area contributed by atoms with E-state index in [1.807, 2.05) is 48.5 Å². The Morgan fingerprint density at radius 1 is 0.941 bits per heavy atom. The van der Waals surface area contributed by atoms with Crippen LogP contribution in [0.5, 0.6) is 11.5 Å². The summed E-state index contributed by atoms with van der Waals surface area (Å²) in [5.74, 6) is 2.16. The van der Waals surface area contributed by atoms with Crippen LogP contribution in [0.2, 0.25) is 0 Å². The number of aromatic nitrogens is 3. The van der Waals surface area contributed by atoms with Gasteiger partial charge in [-0.2, -0.15) is 9.67 Å². The lowest BCUT2D eigenvalue weighted by Crippen LogP contribution is -2.34. The van der Waals surface area contributed by atoms with Crippen molar-refractivity contribution in [2.45, 2.75) is 13.5 Å². The van der Waals surface area contributed by atoms with Gasteiger partial charge in [-0.1, -0.05) is 12.1 Å². The van der Waals surface area contributed by atoms with Crippen LogP contribution in [0.4, 0.5) is 11.5 Å². The Morgan fingerprint density at radius 3 is 2.29 bits per heavy atom. The van der Waals surface area contributed by atoms with Crippen molar-refractivity contribution in [3.8, 4) is 11.5 Å². The molecule has 2 N–H and O–H groups in total. The van der Waals surface area contributed by atoms with E-state index in [9.17, 15) is 0 Å². The number of fused-ring (bicyclic) bond motifs is 1. The summed E-state index contributed by atoms with van der Waals surface area (Å²) in [7, 11) is 3.32. The average Bonchev–Trinajstić information content (AvgIpc) is 3.36. The van der Waals surface area contributed by atoms with E-state index in [1.165, 1.54) is 0 Å². The summed E-state index contributed by atoms with van der Waals surface area (Å²) < 4.78 is 14.5. The van der Waals surface area contributed by atoms with Gasteiger partial charge in [0, 0.05) is 17.7 Å². The van der Waals surface area contributed by atoms with E-state index in [4.69, 9.17) is 20.2 Å². The third-order valence-electron chi connectivity index (χ3n) is 6.00. The molecule has 0 spiro atoms. The quantitative estimate of drug-likeness (QED) is 0.444. The van der Waals surface area contributed by atoms with Gasteiger partial charge in [-0.3, -0.25) is 0 Å². The molecule has 0 bridgehead atoms. The number of benzene rings is 2. The smallest absolute Gasteiger partial charge is 0.237 e. The summed E-state index contributed by atoms with van der Waals surface area (Å²) in [5.41, 5.74) is 13.3. The molecule has 3 heterocycles. The molecule has 2 aromatic carbocycles. The molecule has 0 unspecified atom stereocenters. The molecule has 0 aliphatic carbocycles. The van der Waals surface area contributed by atoms with Gasteiger partial charge in [-0.05, 0) is 55.0 Å². The standard InChI is InChI=1S/C27H25N5O2/c1-18-25(24-6-4-5-15-31(24)26(18)20-9-13-22(34-3)14-10-20)30-23-16-29-32(27(23)28)17-19-7-11-21(33-2)12-8-19/h4-16,28H,17H2,1-3H3/p+1. The fourth-order valence-electron chi connectivity index (χ4n) is 4.18. The SMILES string of the molecule is COc1ccc(Cn2ncc(N=C3C(C)=C(c4ccc(OC)cc4)[n+]4ccccc43)c2N)cc1. The van der Waals surface area contributed by atoms with E-state index in [0.717, 1.165) is 45.3 Å². The number of methoxy groups -OCH3 is 2. The lowest BCUT2D eigenvalue weighted by atomic mass is 10.1. The predicted octanol–water partition coefficient (Wildman–Crippen LogP) is 4.23. The first kappa shape index (κ1) is 21.5. The molecule has 1 aliphatic rings. The zero-order chi connectivity index (χ0) is 23.7. The van der Waals surface area contributed by atoms with Crippen LogP contribution in [0.25, 0.3) is 5.70 Å². The molecule has 34 heavy (non-hydrogen) atoms. The van der Waals surface area contributed by atoms with Crippen LogP contribution in [-0.2, 0) is 6.54 Å². The van der Waals surface area contributed by atoms with Gasteiger partial charge < -0.3 is 15.2 Å². The number of pyridine rings is 1. The van der Waals surface area contributed by atoms with Crippen LogP contribution >= 0.6 is 0 Å². The van der Waals surface area contributed by atoms with E-state index in [0.29, 0.717) is 18.1 Å². The molecule has 7 heteroatoms. The second kappa shape index (κ2) is 8.86. The Labute approximate surface area is 198 Å². The van der Waals surface area contributed by atoms with Crippen molar-refractivity contribution in [1.82, 2.24) is 9.78 Å². The van der Waals surface area contributed by atoms with Crippen LogP contribution < -0.4 is 19.8 Å². The van der Waals surface area contributed by atoms with Gasteiger partial charge in [0.15, 0.2) is 6.20 Å². The third kappa shape index (κ3) is 3.81. The molecule has 1 aliphatic heterocycles. The van der Waals surface area contributed by atoms with Gasteiger partial charge in [-0.25, -0.2) is 9.67 Å². The van der Waals surface area contributed by atoms with Gasteiger partial charge >= 0.3 is 0 Å². The molecule has 0 amide bonds. The molecule has 4 aromatic rings. The zero-order valence-electron chi connectivity index (χ0n) is 19.4. The van der Waals surface area contributed by atoms with Crippen LogP contribution in [0.15, 0.2) is 89.7 Å². The Morgan fingerprint density at radius 2 is 1.62 bits per heavy atom. The van der Waals surface area contributed by atoms with Gasteiger partial charge in [-0.15, -0.1) is 0 Å². The number of aliphatic imine (C=N–C) groups is 1. The topological polar surface area (TPSA) is 78.5 Å². The minimum atomic E-state index is 0.525. The van der Waals surface area contributed by atoms with Crippen molar-refractivity contribution in [2.75, 3.05) is 20.0 Å². The first-order chi connectivity index (χ1) is 16.6. The highest BCUT2D eigenvalue weighted by molar-refractivity contribution is 6.17. The van der Waals surface area contributed by atoms with E-state index >= 15 is 0 Å². The number of anilines is 1. The molecule has 0 saturated carbocycles. The summed E-state index contributed by atoms with van der Waals surface area (Å²) in [6.45, 7) is 2.64. The van der Waals surface area contributed by atoms with Gasteiger partial charge in [0.25, 0.3) is 0 Å². The molecule has 2 aromatic heterocycles. The van der Waals surface area contributed by atoms with Crippen LogP contribution in [-0.4, -0.2) is 29.7 Å². The fourth-order valence-corrected chi connectivity index (χ4v) is 4.18. The number of rotatable bonds is 6. The van der Waals surface area contributed by atoms with E-state index < -0.39 is 0 Å². The molecule has 0 saturated heterocycles. The molecule has 0 fully saturated rings. The maximum Gasteiger partial charge on any atom is 0.237 e. The van der Waals surface area contributed by atoms with Crippen molar-refractivity contribution in [2.24, 2.45) is 4.99 Å². The van der Waals surface area contributed by atoms with Crippen LogP contribution in [0.1, 0.15) is 23.7 Å². The van der Waals surface area contributed by atoms with Crippen molar-refractivity contribution >= 4 is 22.9 Å². The highest BCUT2D eigenvalue weighted by Gasteiger charge is 2.34. The Balaban J connectivity index is 1.52. The third-order valence-corrected chi connectivity index (χ3v) is 6.00. The monoisotopic (exact) mass is 452 g/mol. The first-order valence-corrected chi connectivity index (χ1v) is 11.0. The lowest BCUT2D eigenvalue weighted by molar-refractivity contribution is -0.577. The number of allylic oxidation sites excluding steroid dienone is 1. The summed E-state index contributed by atoms with van der Waals surface area (Å²) >= 11 is 0. The van der Waals surface area contributed by atoms with Gasteiger partial charge in [0.2, 0.25) is 11.4 Å². The highest BCUT2D eigenvalue weighted by atomic mass is 16.5. The Bertz CT molecular complexity index is 1400. The molecule has 0 radical (unpaired) electrons. The number of hydrogen-bond acceptors (Lipinski definition) is 5. The molecular formula is C27H26N5O2+. The second-order valence-corrected chi connectivity index (χ2v) is 8.04. The lowest BCUT2D eigenvalue weighted by Gasteiger charge is -2.06. The maximum atomic E-state index is 6.46. The number of nitrogens with two attached hydrogens (primary N) is 1. The van der Waals surface area contributed by atoms with E-state index in [1.54, 1.807) is 25.1 Å². The predicted molar refractivity (Wildman–Crippen MR) is 133 cm³/mol. The summed E-state index contributed by atoms with van der Waals surface area (Å²) in [6.07, 6.45) is 3.77. The Kier molecular flexibility index (Phi) is 5.59. The van der Waals surface area contributed by atoms with Crippen molar-refractivity contribution in [1.29, 1.82) is 0 Å². The fraction of sp³-hybridized carbons (Fsp3) is 0.148. The van der Waals surface area contributed by atoms with Crippen LogP contribution in [0, 0.1) is 0 Å². The first-order valence-electron chi connectivity index (χ1n) is 11.0. The van der Waals surface area contributed by atoms with E-state index in [-0.39, 0.29) is 0 Å². The van der Waals surface area contributed by atoms with Crippen molar-refractivity contribution in [3.63, 3.8) is 0 Å².